The van der Waals surface area contributed by atoms with Crippen molar-refractivity contribution >= 4 is 45.0 Å². The number of nitrogens with one attached hydrogen (secondary N) is 2. The fourth-order valence-electron chi connectivity index (χ4n) is 3.96. The van der Waals surface area contributed by atoms with Gasteiger partial charge in [-0.2, -0.15) is 0 Å². The number of hydrogen-bond donors (Lipinski definition) is 3. The molecule has 13 heteroatoms. The van der Waals surface area contributed by atoms with Crippen molar-refractivity contribution in [3.05, 3.63) is 47.2 Å². The van der Waals surface area contributed by atoms with Gasteiger partial charge < -0.3 is 19.9 Å². The highest BCUT2D eigenvalue weighted by atomic mass is 35.5. The van der Waals surface area contributed by atoms with E-state index in [2.05, 4.69) is 10.6 Å². The number of carboxylic acid groups (broad SMARTS) is 1. The molecule has 0 aliphatic carbocycles. The van der Waals surface area contributed by atoms with Crippen LogP contribution in [0, 0.1) is 5.82 Å². The summed E-state index contributed by atoms with van der Waals surface area (Å²) < 4.78 is 53.2. The molecule has 0 spiro atoms. The molecule has 3 N–H and O–H groups in total. The monoisotopic (exact) mass is 527 g/mol. The van der Waals surface area contributed by atoms with Crippen LogP contribution in [-0.4, -0.2) is 56.9 Å². The second-order valence-corrected chi connectivity index (χ2v) is 10.6. The standard InChI is InChI=1S/C22H23ClFN3O7S/c1-22(7-2-8-33-22)20(28)25-11-14-12-27(35(31,32)15-4-5-17(24)16(23)10-15)18-9-13(26-21(29)30)3-6-19(18)34-14/h3-6,9-10,14,26H,2,7-8,11-12H2,1H3,(H,25,28)(H,29,30)/t14-,22?/m0/s1. The number of sulfonamides is 1. The Balaban J connectivity index is 1.65. The van der Waals surface area contributed by atoms with Crippen molar-refractivity contribution in [2.24, 2.45) is 0 Å². The molecular formula is C22H23ClFN3O7S. The smallest absolute Gasteiger partial charge is 0.409 e. The van der Waals surface area contributed by atoms with Crippen molar-refractivity contribution in [1.82, 2.24) is 5.32 Å². The third kappa shape index (κ3) is 5.14. The summed E-state index contributed by atoms with van der Waals surface area (Å²) in [5.41, 5.74) is -0.763. The zero-order chi connectivity index (χ0) is 25.4. The summed E-state index contributed by atoms with van der Waals surface area (Å²) in [6.45, 7) is 1.95. The number of carbonyl (C=O) groups excluding carboxylic acids is 1. The van der Waals surface area contributed by atoms with Gasteiger partial charge in [-0.25, -0.2) is 17.6 Å². The van der Waals surface area contributed by atoms with Gasteiger partial charge in [-0.1, -0.05) is 11.6 Å². The van der Waals surface area contributed by atoms with Crippen LogP contribution in [-0.2, 0) is 19.6 Å². The van der Waals surface area contributed by atoms with Gasteiger partial charge in [0.25, 0.3) is 15.9 Å². The van der Waals surface area contributed by atoms with E-state index in [1.165, 1.54) is 18.2 Å². The molecule has 2 aliphatic heterocycles. The lowest BCUT2D eigenvalue weighted by Crippen LogP contribution is -2.51. The summed E-state index contributed by atoms with van der Waals surface area (Å²) in [6, 6.07) is 7.18. The van der Waals surface area contributed by atoms with Crippen molar-refractivity contribution in [2.45, 2.75) is 36.4 Å². The largest absolute Gasteiger partial charge is 0.484 e. The van der Waals surface area contributed by atoms with Crippen LogP contribution >= 0.6 is 11.6 Å². The van der Waals surface area contributed by atoms with E-state index in [4.69, 9.17) is 26.2 Å². The number of anilines is 2. The Hall–Kier alpha value is -3.09. The second-order valence-electron chi connectivity index (χ2n) is 8.36. The normalized spacial score (nSPS) is 21.7. The lowest BCUT2D eigenvalue weighted by atomic mass is 10.0. The van der Waals surface area contributed by atoms with E-state index in [0.717, 1.165) is 28.9 Å². The predicted molar refractivity (Wildman–Crippen MR) is 125 cm³/mol. The molecule has 188 valence electrons. The van der Waals surface area contributed by atoms with Crippen LogP contribution in [0.3, 0.4) is 0 Å². The summed E-state index contributed by atoms with van der Waals surface area (Å²) >= 11 is 5.81. The molecule has 35 heavy (non-hydrogen) atoms. The fourth-order valence-corrected chi connectivity index (χ4v) is 5.73. The average molecular weight is 528 g/mol. The summed E-state index contributed by atoms with van der Waals surface area (Å²) in [6.07, 6.45) is -0.778. The summed E-state index contributed by atoms with van der Waals surface area (Å²) in [4.78, 5) is 23.4. The first-order valence-corrected chi connectivity index (χ1v) is 12.5. The van der Waals surface area contributed by atoms with Gasteiger partial charge in [0, 0.05) is 12.3 Å². The van der Waals surface area contributed by atoms with E-state index in [9.17, 15) is 22.4 Å². The van der Waals surface area contributed by atoms with Crippen LogP contribution in [0.2, 0.25) is 5.02 Å². The van der Waals surface area contributed by atoms with E-state index in [1.807, 2.05) is 0 Å². The number of carbonyl (C=O) groups is 2. The molecular weight excluding hydrogens is 505 g/mol. The maximum Gasteiger partial charge on any atom is 0.409 e. The zero-order valence-corrected chi connectivity index (χ0v) is 20.2. The lowest BCUT2D eigenvalue weighted by Gasteiger charge is -2.36. The lowest BCUT2D eigenvalue weighted by molar-refractivity contribution is -0.139. The van der Waals surface area contributed by atoms with Crippen LogP contribution in [0.5, 0.6) is 5.75 Å². The van der Waals surface area contributed by atoms with Crippen LogP contribution in [0.15, 0.2) is 41.3 Å². The SMILES string of the molecule is CC1(C(=O)NC[C@H]2CN(S(=O)(=O)c3ccc(F)c(Cl)c3)c3cc(NC(=O)O)ccc3O2)CCCO1. The van der Waals surface area contributed by atoms with Crippen LogP contribution in [0.1, 0.15) is 19.8 Å². The Labute approximate surface area is 206 Å². The number of ether oxygens (including phenoxy) is 2. The highest BCUT2D eigenvalue weighted by Gasteiger charge is 2.39. The van der Waals surface area contributed by atoms with Gasteiger partial charge in [-0.15, -0.1) is 0 Å². The van der Waals surface area contributed by atoms with Gasteiger partial charge in [-0.05, 0) is 56.2 Å². The third-order valence-corrected chi connectivity index (χ3v) is 7.88. The quantitative estimate of drug-likeness (QED) is 0.525. The first kappa shape index (κ1) is 25.0. The number of halogens is 2. The molecule has 0 radical (unpaired) electrons. The van der Waals surface area contributed by atoms with Crippen LogP contribution in [0.25, 0.3) is 0 Å². The van der Waals surface area contributed by atoms with E-state index in [-0.39, 0.29) is 46.0 Å². The molecule has 0 aromatic heterocycles. The number of amides is 2. The maximum atomic E-state index is 13.7. The Morgan fingerprint density at radius 1 is 1.29 bits per heavy atom. The summed E-state index contributed by atoms with van der Waals surface area (Å²) in [7, 11) is -4.27. The molecule has 10 nitrogen and oxygen atoms in total. The highest BCUT2D eigenvalue weighted by molar-refractivity contribution is 7.92. The molecule has 1 unspecified atom stereocenters. The Kier molecular flexibility index (Phi) is 6.80. The van der Waals surface area contributed by atoms with Gasteiger partial charge in [0.1, 0.15) is 23.3 Å². The zero-order valence-electron chi connectivity index (χ0n) is 18.6. The first-order chi connectivity index (χ1) is 16.5. The minimum absolute atomic E-state index is 0.0114. The molecule has 1 saturated heterocycles. The fraction of sp³-hybridized carbons (Fsp3) is 0.364. The summed E-state index contributed by atoms with van der Waals surface area (Å²) in [5, 5.41) is 13.6. The van der Waals surface area contributed by atoms with Gasteiger partial charge in [0.15, 0.2) is 0 Å². The second kappa shape index (κ2) is 9.51. The van der Waals surface area contributed by atoms with Gasteiger partial charge in [0.05, 0.1) is 28.7 Å². The molecule has 0 saturated carbocycles. The first-order valence-electron chi connectivity index (χ1n) is 10.7. The number of nitrogens with zero attached hydrogens (tertiary/aromatic N) is 1. The van der Waals surface area contributed by atoms with Crippen molar-refractivity contribution in [3.63, 3.8) is 0 Å². The molecule has 1 fully saturated rings. The van der Waals surface area contributed by atoms with E-state index in [1.54, 1.807) is 6.92 Å². The minimum Gasteiger partial charge on any atom is -0.484 e. The molecule has 2 aliphatic rings. The molecule has 2 aromatic carbocycles. The Bertz CT molecular complexity index is 1270. The van der Waals surface area contributed by atoms with E-state index >= 15 is 0 Å². The van der Waals surface area contributed by atoms with Gasteiger partial charge in [0.2, 0.25) is 0 Å². The van der Waals surface area contributed by atoms with Crippen molar-refractivity contribution < 1.29 is 37.0 Å². The third-order valence-electron chi connectivity index (χ3n) is 5.81. The molecule has 2 amide bonds. The topological polar surface area (TPSA) is 134 Å². The van der Waals surface area contributed by atoms with Crippen LogP contribution < -0.4 is 19.7 Å². The summed E-state index contributed by atoms with van der Waals surface area (Å²) in [5.74, 6) is -0.944. The number of fused-ring (bicyclic) bond motifs is 1. The predicted octanol–water partition coefficient (Wildman–Crippen LogP) is 3.21. The number of hydrogen-bond acceptors (Lipinski definition) is 6. The minimum atomic E-state index is -4.27. The average Bonchev–Trinajstić information content (AvgIpc) is 3.26. The number of rotatable bonds is 6. The Morgan fingerprint density at radius 2 is 2.06 bits per heavy atom. The molecule has 2 atom stereocenters. The van der Waals surface area contributed by atoms with Crippen molar-refractivity contribution in [2.75, 3.05) is 29.3 Å². The van der Waals surface area contributed by atoms with Crippen LogP contribution in [0.4, 0.5) is 20.6 Å². The van der Waals surface area contributed by atoms with Gasteiger partial charge in [-0.3, -0.25) is 14.4 Å². The molecule has 0 bridgehead atoms. The van der Waals surface area contributed by atoms with Crippen molar-refractivity contribution in [1.29, 1.82) is 0 Å². The highest BCUT2D eigenvalue weighted by Crippen LogP contribution is 2.39. The molecule has 2 heterocycles. The molecule has 4 rings (SSSR count). The van der Waals surface area contributed by atoms with E-state index in [0.29, 0.717) is 13.0 Å². The number of benzene rings is 2. The maximum absolute atomic E-state index is 13.7. The Morgan fingerprint density at radius 3 is 2.71 bits per heavy atom. The van der Waals surface area contributed by atoms with Gasteiger partial charge >= 0.3 is 6.09 Å². The van der Waals surface area contributed by atoms with Crippen molar-refractivity contribution in [3.8, 4) is 5.75 Å². The molecule has 2 aromatic rings. The van der Waals surface area contributed by atoms with E-state index < -0.39 is 33.6 Å².